The molecule has 0 bridgehead atoms. The summed E-state index contributed by atoms with van der Waals surface area (Å²) in [5.74, 6) is -0.204. The maximum absolute atomic E-state index is 12.0. The zero-order valence-corrected chi connectivity index (χ0v) is 12.3. The number of hydrogen-bond acceptors (Lipinski definition) is 2. The first-order valence-electron chi connectivity index (χ1n) is 6.22. The molecule has 0 aliphatic carbocycles. The third-order valence-corrected chi connectivity index (χ3v) is 3.14. The molecule has 1 aromatic heterocycles. The number of carbonyl (C=O) groups excluding carboxylic acids is 1. The number of halogens is 1. The van der Waals surface area contributed by atoms with E-state index in [0.29, 0.717) is 10.3 Å². The summed E-state index contributed by atoms with van der Waals surface area (Å²) in [5, 5.41) is 2.83. The van der Waals surface area contributed by atoms with E-state index in [2.05, 4.69) is 33.2 Å². The molecule has 1 heterocycles. The van der Waals surface area contributed by atoms with Crippen molar-refractivity contribution < 1.29 is 4.79 Å². The predicted molar refractivity (Wildman–Crippen MR) is 80.3 cm³/mol. The zero-order chi connectivity index (χ0) is 13.7. The Morgan fingerprint density at radius 2 is 1.95 bits per heavy atom. The summed E-state index contributed by atoms with van der Waals surface area (Å²) in [6, 6.07) is 13.2. The van der Waals surface area contributed by atoms with E-state index in [1.165, 1.54) is 5.56 Å². The summed E-state index contributed by atoms with van der Waals surface area (Å²) in [7, 11) is 0. The van der Waals surface area contributed by atoms with Crippen LogP contribution in [0, 0.1) is 0 Å². The van der Waals surface area contributed by atoms with E-state index in [4.69, 9.17) is 0 Å². The Labute approximate surface area is 121 Å². The van der Waals surface area contributed by atoms with E-state index in [-0.39, 0.29) is 5.91 Å². The van der Waals surface area contributed by atoms with Crippen molar-refractivity contribution in [1.82, 2.24) is 4.98 Å². The number of hydrogen-bond donors (Lipinski definition) is 1. The van der Waals surface area contributed by atoms with Crippen molar-refractivity contribution in [2.45, 2.75) is 19.8 Å². The second kappa shape index (κ2) is 6.48. The number of nitrogens with zero attached hydrogens (tertiary/aromatic N) is 1. The highest BCUT2D eigenvalue weighted by atomic mass is 79.9. The smallest absolute Gasteiger partial charge is 0.274 e. The van der Waals surface area contributed by atoms with Crippen LogP contribution in [0.25, 0.3) is 0 Å². The number of aromatic nitrogens is 1. The van der Waals surface area contributed by atoms with Crippen LogP contribution < -0.4 is 5.32 Å². The van der Waals surface area contributed by atoms with Crippen molar-refractivity contribution in [3.63, 3.8) is 0 Å². The van der Waals surface area contributed by atoms with Gasteiger partial charge in [-0.1, -0.05) is 31.5 Å². The lowest BCUT2D eigenvalue weighted by Crippen LogP contribution is -2.13. The fourth-order valence-electron chi connectivity index (χ4n) is 1.77. The van der Waals surface area contributed by atoms with Gasteiger partial charge in [-0.2, -0.15) is 0 Å². The van der Waals surface area contributed by atoms with E-state index in [0.717, 1.165) is 18.5 Å². The maximum atomic E-state index is 12.0. The molecule has 2 aromatic rings. The van der Waals surface area contributed by atoms with E-state index >= 15 is 0 Å². The monoisotopic (exact) mass is 318 g/mol. The molecule has 4 heteroatoms. The molecule has 1 aromatic carbocycles. The number of amides is 1. The van der Waals surface area contributed by atoms with Gasteiger partial charge in [0.1, 0.15) is 10.3 Å². The molecule has 0 fully saturated rings. The highest BCUT2D eigenvalue weighted by Crippen LogP contribution is 2.13. The molecule has 1 amide bonds. The topological polar surface area (TPSA) is 42.0 Å². The van der Waals surface area contributed by atoms with Crippen LogP contribution in [-0.4, -0.2) is 10.9 Å². The molecule has 19 heavy (non-hydrogen) atoms. The Kier molecular flexibility index (Phi) is 4.68. The van der Waals surface area contributed by atoms with Crippen molar-refractivity contribution in [1.29, 1.82) is 0 Å². The molecule has 0 saturated carbocycles. The van der Waals surface area contributed by atoms with Gasteiger partial charge >= 0.3 is 0 Å². The summed E-state index contributed by atoms with van der Waals surface area (Å²) in [5.41, 5.74) is 2.46. The van der Waals surface area contributed by atoms with Gasteiger partial charge in [0.2, 0.25) is 0 Å². The van der Waals surface area contributed by atoms with E-state index in [9.17, 15) is 4.79 Å². The minimum atomic E-state index is -0.204. The van der Waals surface area contributed by atoms with Crippen LogP contribution in [0.3, 0.4) is 0 Å². The Morgan fingerprint density at radius 1 is 1.21 bits per heavy atom. The second-order valence-electron chi connectivity index (χ2n) is 4.25. The van der Waals surface area contributed by atoms with Crippen LogP contribution in [0.5, 0.6) is 0 Å². The Morgan fingerprint density at radius 3 is 2.58 bits per heavy atom. The van der Waals surface area contributed by atoms with Crippen molar-refractivity contribution in [2.75, 3.05) is 5.32 Å². The van der Waals surface area contributed by atoms with Crippen LogP contribution in [0.15, 0.2) is 47.1 Å². The quantitative estimate of drug-likeness (QED) is 0.864. The maximum Gasteiger partial charge on any atom is 0.274 e. The van der Waals surface area contributed by atoms with Gasteiger partial charge < -0.3 is 5.32 Å². The molecule has 0 radical (unpaired) electrons. The van der Waals surface area contributed by atoms with Gasteiger partial charge in [-0.3, -0.25) is 4.79 Å². The van der Waals surface area contributed by atoms with Crippen LogP contribution in [-0.2, 0) is 6.42 Å². The summed E-state index contributed by atoms with van der Waals surface area (Å²) < 4.78 is 0.651. The highest BCUT2D eigenvalue weighted by molar-refractivity contribution is 9.10. The molecule has 1 N–H and O–H groups in total. The molecule has 0 spiro atoms. The lowest BCUT2D eigenvalue weighted by molar-refractivity contribution is 0.102. The van der Waals surface area contributed by atoms with Crippen LogP contribution in [0.4, 0.5) is 5.69 Å². The van der Waals surface area contributed by atoms with Crippen LogP contribution >= 0.6 is 15.9 Å². The number of carbonyl (C=O) groups is 1. The second-order valence-corrected chi connectivity index (χ2v) is 5.06. The fourth-order valence-corrected chi connectivity index (χ4v) is 2.12. The zero-order valence-electron chi connectivity index (χ0n) is 10.7. The lowest BCUT2D eigenvalue weighted by atomic mass is 10.1. The van der Waals surface area contributed by atoms with E-state index < -0.39 is 0 Å². The molecule has 3 nitrogen and oxygen atoms in total. The van der Waals surface area contributed by atoms with Gasteiger partial charge in [0.25, 0.3) is 5.91 Å². The normalized spacial score (nSPS) is 10.2. The summed E-state index contributed by atoms with van der Waals surface area (Å²) in [6.45, 7) is 2.15. The number of anilines is 1. The third-order valence-electron chi connectivity index (χ3n) is 2.70. The van der Waals surface area contributed by atoms with E-state index in [1.807, 2.05) is 24.3 Å². The molecule has 0 unspecified atom stereocenters. The highest BCUT2D eigenvalue weighted by Gasteiger charge is 2.07. The Balaban J connectivity index is 2.06. The molecule has 0 aliphatic heterocycles. The number of pyridine rings is 1. The first-order chi connectivity index (χ1) is 9.19. The van der Waals surface area contributed by atoms with Gasteiger partial charge in [-0.15, -0.1) is 0 Å². The summed E-state index contributed by atoms with van der Waals surface area (Å²) in [6.07, 6.45) is 2.18. The van der Waals surface area contributed by atoms with Gasteiger partial charge in [0.15, 0.2) is 0 Å². The van der Waals surface area contributed by atoms with Crippen molar-refractivity contribution in [2.24, 2.45) is 0 Å². The van der Waals surface area contributed by atoms with Gasteiger partial charge in [0.05, 0.1) is 0 Å². The molecule has 0 aliphatic rings. The lowest BCUT2D eigenvalue weighted by Gasteiger charge is -2.06. The number of benzene rings is 1. The number of aryl methyl sites for hydroxylation is 1. The summed E-state index contributed by atoms with van der Waals surface area (Å²) in [4.78, 5) is 16.1. The first kappa shape index (κ1) is 13.7. The van der Waals surface area contributed by atoms with Gasteiger partial charge in [-0.05, 0) is 52.2 Å². The molecule has 98 valence electrons. The Hall–Kier alpha value is -1.68. The number of nitrogens with one attached hydrogen (secondary N) is 1. The average Bonchev–Trinajstić information content (AvgIpc) is 2.41. The Bertz CT molecular complexity index is 567. The SMILES string of the molecule is CCCc1ccc(NC(=O)c2cccc(Br)n2)cc1. The molecular formula is C15H15BrN2O. The third kappa shape index (κ3) is 3.89. The fraction of sp³-hybridized carbons (Fsp3) is 0.200. The summed E-state index contributed by atoms with van der Waals surface area (Å²) >= 11 is 3.25. The molecular weight excluding hydrogens is 304 g/mol. The van der Waals surface area contributed by atoms with Gasteiger partial charge in [-0.25, -0.2) is 4.98 Å². The predicted octanol–water partition coefficient (Wildman–Crippen LogP) is 4.05. The largest absolute Gasteiger partial charge is 0.321 e. The average molecular weight is 319 g/mol. The van der Waals surface area contributed by atoms with Crippen molar-refractivity contribution >= 4 is 27.5 Å². The molecule has 0 saturated heterocycles. The van der Waals surface area contributed by atoms with Gasteiger partial charge in [0, 0.05) is 5.69 Å². The van der Waals surface area contributed by atoms with Crippen LogP contribution in [0.2, 0.25) is 0 Å². The van der Waals surface area contributed by atoms with Crippen LogP contribution in [0.1, 0.15) is 29.4 Å². The van der Waals surface area contributed by atoms with Crippen molar-refractivity contribution in [3.8, 4) is 0 Å². The van der Waals surface area contributed by atoms with E-state index in [1.54, 1.807) is 18.2 Å². The first-order valence-corrected chi connectivity index (χ1v) is 7.01. The number of rotatable bonds is 4. The van der Waals surface area contributed by atoms with Crippen molar-refractivity contribution in [3.05, 3.63) is 58.3 Å². The minimum absolute atomic E-state index is 0.204. The standard InChI is InChI=1S/C15H15BrN2O/c1-2-4-11-7-9-12(10-8-11)17-15(19)13-5-3-6-14(16)18-13/h3,5-10H,2,4H2,1H3,(H,17,19). The minimum Gasteiger partial charge on any atom is -0.321 e. The molecule has 2 rings (SSSR count). The molecule has 0 atom stereocenters.